The molecule has 1 saturated heterocycles. The number of carbonyl (C=O) groups is 3. The smallest absolute Gasteiger partial charge is 0.409 e. The van der Waals surface area contributed by atoms with E-state index >= 15 is 0 Å². The van der Waals surface area contributed by atoms with Gasteiger partial charge in [0.1, 0.15) is 0 Å². The van der Waals surface area contributed by atoms with Gasteiger partial charge in [-0.05, 0) is 44.9 Å². The first-order valence-electron chi connectivity index (χ1n) is 8.69. The van der Waals surface area contributed by atoms with Crippen molar-refractivity contribution in [3.63, 3.8) is 0 Å². The van der Waals surface area contributed by atoms with Crippen molar-refractivity contribution in [2.75, 3.05) is 19.7 Å². The summed E-state index contributed by atoms with van der Waals surface area (Å²) < 4.78 is 10.2. The molecule has 0 aliphatic carbocycles. The fraction of sp³-hybridized carbons (Fsp3) is 0.500. The van der Waals surface area contributed by atoms with E-state index in [0.29, 0.717) is 42.6 Å². The van der Waals surface area contributed by atoms with Gasteiger partial charge in [-0.15, -0.1) is 0 Å². The molecule has 1 aromatic carbocycles. The van der Waals surface area contributed by atoms with Crippen LogP contribution < -0.4 is 5.32 Å². The third-order valence-electron chi connectivity index (χ3n) is 4.12. The Labute approximate surface area is 167 Å². The maximum atomic E-state index is 12.3. The molecule has 1 N–H and O–H groups in total. The van der Waals surface area contributed by atoms with Crippen LogP contribution in [0.4, 0.5) is 4.79 Å². The number of hydrogen-bond acceptors (Lipinski definition) is 5. The van der Waals surface area contributed by atoms with Crippen molar-refractivity contribution >= 4 is 41.2 Å². The first kappa shape index (κ1) is 21.3. The largest absolute Gasteiger partial charge is 0.450 e. The number of hydrogen-bond donors (Lipinski definition) is 1. The van der Waals surface area contributed by atoms with Crippen molar-refractivity contribution in [2.45, 2.75) is 38.8 Å². The third kappa shape index (κ3) is 6.29. The molecule has 27 heavy (non-hydrogen) atoms. The molecule has 0 radical (unpaired) electrons. The lowest BCUT2D eigenvalue weighted by atomic mass is 10.1. The van der Waals surface area contributed by atoms with Gasteiger partial charge in [0, 0.05) is 29.2 Å². The van der Waals surface area contributed by atoms with Crippen LogP contribution in [-0.4, -0.2) is 54.7 Å². The van der Waals surface area contributed by atoms with Crippen molar-refractivity contribution in [2.24, 2.45) is 0 Å². The SMILES string of the molecule is CCOC(=O)N1CCC(NC(=O)[C@H](C)OC(=O)c2cc(Cl)cc(Cl)c2)CC1. The Morgan fingerprint density at radius 1 is 1.19 bits per heavy atom. The molecule has 0 unspecified atom stereocenters. The fourth-order valence-corrected chi connectivity index (χ4v) is 3.22. The first-order chi connectivity index (χ1) is 12.8. The molecule has 2 rings (SSSR count). The van der Waals surface area contributed by atoms with Gasteiger partial charge in [-0.1, -0.05) is 23.2 Å². The minimum absolute atomic E-state index is 0.0926. The van der Waals surface area contributed by atoms with Crippen LogP contribution in [0.3, 0.4) is 0 Å². The van der Waals surface area contributed by atoms with Crippen LogP contribution in [0.1, 0.15) is 37.0 Å². The van der Waals surface area contributed by atoms with Gasteiger partial charge in [0.05, 0.1) is 12.2 Å². The summed E-state index contributed by atoms with van der Waals surface area (Å²) in [4.78, 5) is 37.7. The van der Waals surface area contributed by atoms with Crippen LogP contribution in [0.2, 0.25) is 10.0 Å². The van der Waals surface area contributed by atoms with E-state index in [0.717, 1.165) is 0 Å². The lowest BCUT2D eigenvalue weighted by Gasteiger charge is -2.32. The van der Waals surface area contributed by atoms with Gasteiger partial charge in [0.25, 0.3) is 5.91 Å². The zero-order valence-corrected chi connectivity index (χ0v) is 16.7. The summed E-state index contributed by atoms with van der Waals surface area (Å²) in [6.45, 7) is 4.58. The van der Waals surface area contributed by atoms with E-state index < -0.39 is 18.0 Å². The maximum absolute atomic E-state index is 12.3. The predicted octanol–water partition coefficient (Wildman–Crippen LogP) is 3.28. The normalized spacial score (nSPS) is 15.8. The Morgan fingerprint density at radius 2 is 1.78 bits per heavy atom. The molecule has 1 aliphatic rings. The standard InChI is InChI=1S/C18H22Cl2N2O5/c1-3-26-18(25)22-6-4-15(5-7-22)21-16(23)11(2)27-17(24)12-8-13(19)10-14(20)9-12/h8-11,15H,3-7H2,1-2H3,(H,21,23)/t11-/m0/s1. The molecule has 1 heterocycles. The number of amides is 2. The van der Waals surface area contributed by atoms with Crippen molar-refractivity contribution in [1.29, 1.82) is 0 Å². The second-order valence-corrected chi connectivity index (χ2v) is 7.05. The van der Waals surface area contributed by atoms with Gasteiger partial charge in [-0.25, -0.2) is 9.59 Å². The van der Waals surface area contributed by atoms with Crippen molar-refractivity contribution in [3.8, 4) is 0 Å². The van der Waals surface area contributed by atoms with E-state index in [1.54, 1.807) is 11.8 Å². The highest BCUT2D eigenvalue weighted by molar-refractivity contribution is 6.35. The molecule has 2 amide bonds. The number of benzene rings is 1. The summed E-state index contributed by atoms with van der Waals surface area (Å²) in [5.41, 5.74) is 0.176. The topological polar surface area (TPSA) is 84.9 Å². The summed E-state index contributed by atoms with van der Waals surface area (Å²) in [6, 6.07) is 4.25. The Morgan fingerprint density at radius 3 is 2.33 bits per heavy atom. The number of ether oxygens (including phenoxy) is 2. The molecule has 1 atom stereocenters. The monoisotopic (exact) mass is 416 g/mol. The molecular formula is C18H22Cl2N2O5. The first-order valence-corrected chi connectivity index (χ1v) is 9.45. The minimum atomic E-state index is -0.974. The van der Waals surface area contributed by atoms with Crippen molar-refractivity contribution in [3.05, 3.63) is 33.8 Å². The number of esters is 1. The Balaban J connectivity index is 1.82. The average molecular weight is 417 g/mol. The second kappa shape index (κ2) is 9.80. The van der Waals surface area contributed by atoms with Crippen LogP contribution in [-0.2, 0) is 14.3 Å². The molecule has 1 fully saturated rings. The number of nitrogens with one attached hydrogen (secondary N) is 1. The number of halogens is 2. The quantitative estimate of drug-likeness (QED) is 0.744. The number of carbonyl (C=O) groups excluding carboxylic acids is 3. The molecule has 148 valence electrons. The molecule has 0 bridgehead atoms. The molecule has 1 aromatic rings. The van der Waals surface area contributed by atoms with Crippen molar-refractivity contribution in [1.82, 2.24) is 10.2 Å². The minimum Gasteiger partial charge on any atom is -0.450 e. The van der Waals surface area contributed by atoms with Crippen LogP contribution in [0.5, 0.6) is 0 Å². The zero-order chi connectivity index (χ0) is 20.0. The zero-order valence-electron chi connectivity index (χ0n) is 15.2. The molecule has 0 saturated carbocycles. The van der Waals surface area contributed by atoms with Gasteiger partial charge in [-0.2, -0.15) is 0 Å². The van der Waals surface area contributed by atoms with Gasteiger partial charge < -0.3 is 19.7 Å². The van der Waals surface area contributed by atoms with Crippen LogP contribution in [0.15, 0.2) is 18.2 Å². The Hall–Kier alpha value is -1.99. The second-order valence-electron chi connectivity index (χ2n) is 6.17. The fourth-order valence-electron chi connectivity index (χ4n) is 2.69. The van der Waals surface area contributed by atoms with E-state index in [2.05, 4.69) is 5.32 Å². The van der Waals surface area contributed by atoms with Crippen LogP contribution >= 0.6 is 23.2 Å². The molecular weight excluding hydrogens is 395 g/mol. The van der Waals surface area contributed by atoms with Crippen molar-refractivity contribution < 1.29 is 23.9 Å². The van der Waals surface area contributed by atoms with Gasteiger partial charge in [-0.3, -0.25) is 4.79 Å². The number of rotatable bonds is 5. The highest BCUT2D eigenvalue weighted by Crippen LogP contribution is 2.20. The summed E-state index contributed by atoms with van der Waals surface area (Å²) in [6.07, 6.45) is -0.104. The maximum Gasteiger partial charge on any atom is 0.409 e. The van der Waals surface area contributed by atoms with E-state index in [1.807, 2.05) is 0 Å². The van der Waals surface area contributed by atoms with Gasteiger partial charge in [0.15, 0.2) is 6.10 Å². The number of likely N-dealkylation sites (tertiary alicyclic amines) is 1. The van der Waals surface area contributed by atoms with Crippen LogP contribution in [0, 0.1) is 0 Å². The van der Waals surface area contributed by atoms with Crippen LogP contribution in [0.25, 0.3) is 0 Å². The van der Waals surface area contributed by atoms with E-state index in [-0.39, 0.29) is 17.7 Å². The van der Waals surface area contributed by atoms with Gasteiger partial charge in [0.2, 0.25) is 0 Å². The van der Waals surface area contributed by atoms with Gasteiger partial charge >= 0.3 is 12.1 Å². The predicted molar refractivity (Wildman–Crippen MR) is 101 cm³/mol. The Kier molecular flexibility index (Phi) is 7.74. The summed E-state index contributed by atoms with van der Waals surface area (Å²) >= 11 is 11.7. The highest BCUT2D eigenvalue weighted by atomic mass is 35.5. The third-order valence-corrected chi connectivity index (χ3v) is 4.56. The summed E-state index contributed by atoms with van der Waals surface area (Å²) in [5.74, 6) is -1.08. The molecule has 9 heteroatoms. The summed E-state index contributed by atoms with van der Waals surface area (Å²) in [7, 11) is 0. The average Bonchev–Trinajstić information content (AvgIpc) is 2.61. The lowest BCUT2D eigenvalue weighted by molar-refractivity contribution is -0.130. The lowest BCUT2D eigenvalue weighted by Crippen LogP contribution is -2.49. The number of piperidine rings is 1. The van der Waals surface area contributed by atoms with E-state index in [1.165, 1.54) is 25.1 Å². The number of nitrogens with zero attached hydrogens (tertiary/aromatic N) is 1. The summed E-state index contributed by atoms with van der Waals surface area (Å²) in [5, 5.41) is 3.45. The Bertz CT molecular complexity index is 685. The molecule has 0 aromatic heterocycles. The molecule has 1 aliphatic heterocycles. The molecule has 0 spiro atoms. The highest BCUT2D eigenvalue weighted by Gasteiger charge is 2.27. The van der Waals surface area contributed by atoms with E-state index in [4.69, 9.17) is 32.7 Å². The van der Waals surface area contributed by atoms with E-state index in [9.17, 15) is 14.4 Å². The molecule has 7 nitrogen and oxygen atoms in total.